The van der Waals surface area contributed by atoms with Gasteiger partial charge in [0.25, 0.3) is 0 Å². The molecule has 1 aromatic carbocycles. The summed E-state index contributed by atoms with van der Waals surface area (Å²) in [6.07, 6.45) is 1.55. The van der Waals surface area contributed by atoms with Crippen molar-refractivity contribution in [3.05, 3.63) is 40.0 Å². The Morgan fingerprint density at radius 3 is 2.94 bits per heavy atom. The summed E-state index contributed by atoms with van der Waals surface area (Å²) < 4.78 is 5.72. The lowest BCUT2D eigenvalue weighted by Crippen LogP contribution is -2.06. The van der Waals surface area contributed by atoms with E-state index >= 15 is 0 Å². The molecule has 88 valence electrons. The summed E-state index contributed by atoms with van der Waals surface area (Å²) in [4.78, 5) is 16.0. The Morgan fingerprint density at radius 1 is 1.47 bits per heavy atom. The van der Waals surface area contributed by atoms with Crippen molar-refractivity contribution >= 4 is 32.8 Å². The van der Waals surface area contributed by atoms with E-state index < -0.39 is 0 Å². The molecule has 0 saturated heterocycles. The number of carbonyl (C=O) groups excluding carboxylic acids is 1. The van der Waals surface area contributed by atoms with E-state index in [-0.39, 0.29) is 5.97 Å². The molecular weight excluding hydrogens is 282 g/mol. The molecule has 0 bridgehead atoms. The summed E-state index contributed by atoms with van der Waals surface area (Å²) in [6, 6.07) is 5.87. The average Bonchev–Trinajstić information content (AvgIpc) is 2.31. The number of rotatable bonds is 2. The van der Waals surface area contributed by atoms with Gasteiger partial charge in [-0.2, -0.15) is 0 Å². The zero-order chi connectivity index (χ0) is 12.4. The van der Waals surface area contributed by atoms with Gasteiger partial charge in [-0.3, -0.25) is 4.98 Å². The van der Waals surface area contributed by atoms with Crippen molar-refractivity contribution in [2.24, 2.45) is 0 Å². The lowest BCUT2D eigenvalue weighted by molar-refractivity contribution is 0.0525. The molecular formula is C13H12BrNO2. The maximum Gasteiger partial charge on any atom is 0.340 e. The molecule has 0 radical (unpaired) electrons. The molecule has 17 heavy (non-hydrogen) atoms. The molecule has 0 aliphatic heterocycles. The van der Waals surface area contributed by atoms with Gasteiger partial charge in [-0.05, 0) is 35.3 Å². The fraction of sp³-hybridized carbons (Fsp3) is 0.231. The highest BCUT2D eigenvalue weighted by atomic mass is 79.9. The molecule has 0 spiro atoms. The minimum atomic E-state index is -0.352. The fourth-order valence-electron chi connectivity index (χ4n) is 1.69. The summed E-state index contributed by atoms with van der Waals surface area (Å²) in [5.74, 6) is -0.352. The van der Waals surface area contributed by atoms with Crippen LogP contribution < -0.4 is 0 Å². The normalized spacial score (nSPS) is 10.5. The van der Waals surface area contributed by atoms with E-state index in [0.29, 0.717) is 12.2 Å². The SMILES string of the molecule is CCOC(=O)c1cnc2c(C)cccc2c1Br. The number of nitrogens with zero attached hydrogens (tertiary/aromatic N) is 1. The number of hydrogen-bond acceptors (Lipinski definition) is 3. The first-order chi connectivity index (χ1) is 8.15. The predicted octanol–water partition coefficient (Wildman–Crippen LogP) is 3.48. The van der Waals surface area contributed by atoms with Crippen LogP contribution in [0.1, 0.15) is 22.8 Å². The maximum absolute atomic E-state index is 11.7. The van der Waals surface area contributed by atoms with Crippen molar-refractivity contribution in [3.8, 4) is 0 Å². The van der Waals surface area contributed by atoms with E-state index in [9.17, 15) is 4.79 Å². The van der Waals surface area contributed by atoms with Crippen LogP contribution in [0.3, 0.4) is 0 Å². The third-order valence-electron chi connectivity index (χ3n) is 2.53. The average molecular weight is 294 g/mol. The van der Waals surface area contributed by atoms with Gasteiger partial charge in [-0.25, -0.2) is 4.79 Å². The number of carbonyl (C=O) groups is 1. The summed E-state index contributed by atoms with van der Waals surface area (Å²) in [7, 11) is 0. The molecule has 0 aliphatic carbocycles. The first kappa shape index (κ1) is 12.0. The highest BCUT2D eigenvalue weighted by Gasteiger charge is 2.14. The van der Waals surface area contributed by atoms with Crippen LogP contribution in [0.2, 0.25) is 0 Å². The molecule has 1 aromatic heterocycles. The number of ether oxygens (including phenoxy) is 1. The third kappa shape index (κ3) is 2.17. The van der Waals surface area contributed by atoms with Gasteiger partial charge >= 0.3 is 5.97 Å². The van der Waals surface area contributed by atoms with E-state index in [0.717, 1.165) is 20.9 Å². The maximum atomic E-state index is 11.7. The zero-order valence-corrected chi connectivity index (χ0v) is 11.2. The van der Waals surface area contributed by atoms with Crippen molar-refractivity contribution in [3.63, 3.8) is 0 Å². The Bertz CT molecular complexity index is 581. The smallest absolute Gasteiger partial charge is 0.340 e. The molecule has 0 amide bonds. The number of fused-ring (bicyclic) bond motifs is 1. The molecule has 4 heteroatoms. The van der Waals surface area contributed by atoms with E-state index in [2.05, 4.69) is 20.9 Å². The van der Waals surface area contributed by atoms with E-state index in [1.807, 2.05) is 25.1 Å². The third-order valence-corrected chi connectivity index (χ3v) is 3.38. The van der Waals surface area contributed by atoms with E-state index in [4.69, 9.17) is 4.74 Å². The molecule has 0 saturated carbocycles. The minimum absolute atomic E-state index is 0.352. The van der Waals surface area contributed by atoms with Crippen molar-refractivity contribution < 1.29 is 9.53 Å². The number of aromatic nitrogens is 1. The molecule has 3 nitrogen and oxygen atoms in total. The van der Waals surface area contributed by atoms with Gasteiger partial charge in [-0.1, -0.05) is 18.2 Å². The first-order valence-corrected chi connectivity index (χ1v) is 6.15. The van der Waals surface area contributed by atoms with Crippen LogP contribution in [-0.4, -0.2) is 17.6 Å². The van der Waals surface area contributed by atoms with Crippen LogP contribution in [-0.2, 0) is 4.74 Å². The summed E-state index contributed by atoms with van der Waals surface area (Å²) >= 11 is 3.45. The number of aryl methyl sites for hydroxylation is 1. The van der Waals surface area contributed by atoms with Crippen molar-refractivity contribution in [1.29, 1.82) is 0 Å². The second-order valence-electron chi connectivity index (χ2n) is 3.68. The molecule has 0 aliphatic rings. The van der Waals surface area contributed by atoms with Crippen LogP contribution in [0.15, 0.2) is 28.9 Å². The predicted molar refractivity (Wildman–Crippen MR) is 70.1 cm³/mol. The number of para-hydroxylation sites is 1. The number of pyridine rings is 1. The van der Waals surface area contributed by atoms with Crippen LogP contribution in [0.4, 0.5) is 0 Å². The molecule has 0 N–H and O–H groups in total. The molecule has 2 rings (SSSR count). The van der Waals surface area contributed by atoms with Crippen molar-refractivity contribution in [1.82, 2.24) is 4.98 Å². The zero-order valence-electron chi connectivity index (χ0n) is 9.66. The van der Waals surface area contributed by atoms with Crippen molar-refractivity contribution in [2.45, 2.75) is 13.8 Å². The Labute approximate surface area is 108 Å². The number of hydrogen-bond donors (Lipinski definition) is 0. The van der Waals surface area contributed by atoms with Gasteiger partial charge in [0, 0.05) is 16.1 Å². The Kier molecular flexibility index (Phi) is 3.43. The fourth-order valence-corrected chi connectivity index (χ4v) is 2.27. The van der Waals surface area contributed by atoms with Crippen LogP contribution in [0.5, 0.6) is 0 Å². The van der Waals surface area contributed by atoms with Gasteiger partial charge in [-0.15, -0.1) is 0 Å². The van der Waals surface area contributed by atoms with Gasteiger partial charge in [0.1, 0.15) is 0 Å². The molecule has 2 aromatic rings. The monoisotopic (exact) mass is 293 g/mol. The standard InChI is InChI=1S/C13H12BrNO2/c1-3-17-13(16)10-7-15-12-8(2)5-4-6-9(12)11(10)14/h4-7H,3H2,1-2H3. The topological polar surface area (TPSA) is 39.2 Å². The Balaban J connectivity index is 2.62. The van der Waals surface area contributed by atoms with E-state index in [1.54, 1.807) is 13.1 Å². The Morgan fingerprint density at radius 2 is 2.24 bits per heavy atom. The van der Waals surface area contributed by atoms with Gasteiger partial charge in [0.2, 0.25) is 0 Å². The second kappa shape index (κ2) is 4.84. The van der Waals surface area contributed by atoms with Crippen LogP contribution in [0, 0.1) is 6.92 Å². The summed E-state index contributed by atoms with van der Waals surface area (Å²) in [5, 5.41) is 0.926. The minimum Gasteiger partial charge on any atom is -0.462 e. The van der Waals surface area contributed by atoms with Crippen LogP contribution >= 0.6 is 15.9 Å². The molecule has 0 atom stereocenters. The highest BCUT2D eigenvalue weighted by molar-refractivity contribution is 9.10. The molecule has 1 heterocycles. The van der Waals surface area contributed by atoms with E-state index in [1.165, 1.54) is 0 Å². The number of halogens is 1. The molecule has 0 unspecified atom stereocenters. The van der Waals surface area contributed by atoms with Crippen LogP contribution in [0.25, 0.3) is 10.9 Å². The Hall–Kier alpha value is -1.42. The van der Waals surface area contributed by atoms with Gasteiger partial charge in [0.15, 0.2) is 0 Å². The molecule has 0 fully saturated rings. The number of benzene rings is 1. The summed E-state index contributed by atoms with van der Waals surface area (Å²) in [5.41, 5.74) is 2.44. The first-order valence-electron chi connectivity index (χ1n) is 5.36. The second-order valence-corrected chi connectivity index (χ2v) is 4.47. The van der Waals surface area contributed by atoms with Gasteiger partial charge in [0.05, 0.1) is 17.7 Å². The lowest BCUT2D eigenvalue weighted by Gasteiger charge is -2.08. The van der Waals surface area contributed by atoms with Crippen molar-refractivity contribution in [2.75, 3.05) is 6.61 Å². The quantitative estimate of drug-likeness (QED) is 0.796. The lowest BCUT2D eigenvalue weighted by atomic mass is 10.1. The van der Waals surface area contributed by atoms with Gasteiger partial charge < -0.3 is 4.74 Å². The summed E-state index contributed by atoms with van der Waals surface area (Å²) in [6.45, 7) is 4.13. The largest absolute Gasteiger partial charge is 0.462 e. The highest BCUT2D eigenvalue weighted by Crippen LogP contribution is 2.28. The number of esters is 1.